The molecule has 2 heterocycles. The second-order valence-electron chi connectivity index (χ2n) is 5.11. The third kappa shape index (κ3) is 2.77. The largest absolute Gasteiger partial charge is 0.308 e. The van der Waals surface area contributed by atoms with Gasteiger partial charge in [0.2, 0.25) is 5.91 Å². The van der Waals surface area contributed by atoms with Crippen LogP contribution >= 0.6 is 0 Å². The molecule has 7 heteroatoms. The van der Waals surface area contributed by atoms with Crippen LogP contribution in [0.5, 0.6) is 0 Å². The van der Waals surface area contributed by atoms with E-state index in [4.69, 9.17) is 0 Å². The van der Waals surface area contributed by atoms with E-state index in [2.05, 4.69) is 25.7 Å². The average molecular weight is 284 g/mol. The molecule has 0 aliphatic heterocycles. The molecule has 0 bridgehead atoms. The number of hydrogen-bond acceptors (Lipinski definition) is 4. The highest BCUT2D eigenvalue weighted by Crippen LogP contribution is 2.26. The quantitative estimate of drug-likeness (QED) is 0.676. The van der Waals surface area contributed by atoms with Gasteiger partial charge in [0.1, 0.15) is 0 Å². The second kappa shape index (κ2) is 5.37. The van der Waals surface area contributed by atoms with Gasteiger partial charge in [0.25, 0.3) is 0 Å². The van der Waals surface area contributed by atoms with Gasteiger partial charge in [-0.05, 0) is 31.8 Å². The third-order valence-corrected chi connectivity index (χ3v) is 3.11. The van der Waals surface area contributed by atoms with Crippen LogP contribution in [0.2, 0.25) is 0 Å². The minimum Gasteiger partial charge on any atom is -0.308 e. The van der Waals surface area contributed by atoms with Crippen LogP contribution in [0.1, 0.15) is 0 Å². The molecule has 0 atom stereocenters. The Kier molecular flexibility index (Phi) is 3.41. The molecular weight excluding hydrogens is 268 g/mol. The molecular formula is C14H16N6O. The summed E-state index contributed by atoms with van der Waals surface area (Å²) in [5, 5.41) is 17.5. The van der Waals surface area contributed by atoms with E-state index in [0.717, 1.165) is 22.0 Å². The molecule has 0 aliphatic rings. The molecule has 3 N–H and O–H groups in total. The van der Waals surface area contributed by atoms with Gasteiger partial charge in [-0.3, -0.25) is 15.0 Å². The number of H-pyrrole nitrogens is 2. The molecule has 0 fully saturated rings. The minimum atomic E-state index is -0.0953. The zero-order valence-corrected chi connectivity index (χ0v) is 11.8. The van der Waals surface area contributed by atoms with Crippen molar-refractivity contribution in [1.29, 1.82) is 0 Å². The van der Waals surface area contributed by atoms with Crippen LogP contribution in [0.4, 0.5) is 5.82 Å². The number of amides is 1. The number of likely N-dealkylation sites (N-methyl/N-ethyl adjacent to an activating group) is 1. The lowest BCUT2D eigenvalue weighted by Crippen LogP contribution is -2.27. The summed E-state index contributed by atoms with van der Waals surface area (Å²) in [5.74, 6) is 0.448. The molecule has 1 amide bonds. The van der Waals surface area contributed by atoms with Crippen LogP contribution < -0.4 is 5.32 Å². The molecule has 0 unspecified atom stereocenters. The lowest BCUT2D eigenvalue weighted by molar-refractivity contribution is -0.116. The number of nitrogens with zero attached hydrogens (tertiary/aromatic N) is 3. The lowest BCUT2D eigenvalue weighted by Gasteiger charge is -2.08. The number of carbonyl (C=O) groups excluding carboxylic acids is 1. The Morgan fingerprint density at radius 1 is 1.33 bits per heavy atom. The van der Waals surface area contributed by atoms with Gasteiger partial charge in [0.05, 0.1) is 18.3 Å². The zero-order chi connectivity index (χ0) is 14.8. The summed E-state index contributed by atoms with van der Waals surface area (Å²) < 4.78 is 0. The number of hydrogen-bond donors (Lipinski definition) is 3. The molecule has 3 aromatic rings. The summed E-state index contributed by atoms with van der Waals surface area (Å²) in [6.45, 7) is 0.315. The second-order valence-corrected chi connectivity index (χ2v) is 5.11. The van der Waals surface area contributed by atoms with Gasteiger partial charge < -0.3 is 10.2 Å². The number of anilines is 1. The first-order valence-electron chi connectivity index (χ1n) is 6.55. The molecule has 108 valence electrons. The fourth-order valence-corrected chi connectivity index (χ4v) is 2.16. The predicted molar refractivity (Wildman–Crippen MR) is 80.9 cm³/mol. The SMILES string of the molecule is CN(C)CC(=O)Nc1n[nH]c2ccc(-c3cn[nH]c3)cc12. The van der Waals surface area contributed by atoms with E-state index in [1.807, 2.05) is 38.5 Å². The van der Waals surface area contributed by atoms with Crippen molar-refractivity contribution in [3.63, 3.8) is 0 Å². The Morgan fingerprint density at radius 3 is 2.90 bits per heavy atom. The highest BCUT2D eigenvalue weighted by atomic mass is 16.2. The molecule has 3 rings (SSSR count). The normalized spacial score (nSPS) is 11.2. The first kappa shape index (κ1) is 13.3. The van der Waals surface area contributed by atoms with Crippen molar-refractivity contribution in [1.82, 2.24) is 25.3 Å². The number of carbonyl (C=O) groups is 1. The Hall–Kier alpha value is -2.67. The summed E-state index contributed by atoms with van der Waals surface area (Å²) in [6.07, 6.45) is 3.58. The Morgan fingerprint density at radius 2 is 2.19 bits per heavy atom. The lowest BCUT2D eigenvalue weighted by atomic mass is 10.1. The van der Waals surface area contributed by atoms with Gasteiger partial charge in [-0.25, -0.2) is 0 Å². The van der Waals surface area contributed by atoms with E-state index in [-0.39, 0.29) is 5.91 Å². The third-order valence-electron chi connectivity index (χ3n) is 3.11. The van der Waals surface area contributed by atoms with Gasteiger partial charge in [0, 0.05) is 17.1 Å². The highest BCUT2D eigenvalue weighted by Gasteiger charge is 2.11. The fourth-order valence-electron chi connectivity index (χ4n) is 2.16. The van der Waals surface area contributed by atoms with Crippen molar-refractivity contribution in [2.45, 2.75) is 0 Å². The first-order chi connectivity index (χ1) is 10.1. The molecule has 0 aliphatic carbocycles. The van der Waals surface area contributed by atoms with Gasteiger partial charge in [-0.1, -0.05) is 6.07 Å². The van der Waals surface area contributed by atoms with E-state index >= 15 is 0 Å². The van der Waals surface area contributed by atoms with E-state index in [9.17, 15) is 4.79 Å². The van der Waals surface area contributed by atoms with E-state index < -0.39 is 0 Å². The molecule has 0 saturated carbocycles. The van der Waals surface area contributed by atoms with Gasteiger partial charge in [0.15, 0.2) is 5.82 Å². The maximum absolute atomic E-state index is 11.9. The maximum Gasteiger partial charge on any atom is 0.239 e. The van der Waals surface area contributed by atoms with Gasteiger partial charge >= 0.3 is 0 Å². The number of fused-ring (bicyclic) bond motifs is 1. The molecule has 21 heavy (non-hydrogen) atoms. The zero-order valence-electron chi connectivity index (χ0n) is 11.8. The summed E-state index contributed by atoms with van der Waals surface area (Å²) in [7, 11) is 3.69. The summed E-state index contributed by atoms with van der Waals surface area (Å²) in [6, 6.07) is 5.90. The predicted octanol–water partition coefficient (Wildman–Crippen LogP) is 1.45. The van der Waals surface area contributed by atoms with Crippen molar-refractivity contribution in [2.75, 3.05) is 26.0 Å². The molecule has 7 nitrogen and oxygen atoms in total. The molecule has 0 radical (unpaired) electrons. The van der Waals surface area contributed by atoms with Crippen LogP contribution in [-0.4, -0.2) is 51.8 Å². The molecule has 0 spiro atoms. The fraction of sp³-hybridized carbons (Fsp3) is 0.214. The number of rotatable bonds is 4. The maximum atomic E-state index is 11.9. The minimum absolute atomic E-state index is 0.0953. The number of benzene rings is 1. The molecule has 0 saturated heterocycles. The average Bonchev–Trinajstić information content (AvgIpc) is 3.07. The monoisotopic (exact) mass is 284 g/mol. The standard InChI is InChI=1S/C14H16N6O/c1-20(2)8-13(21)17-14-11-5-9(10-6-15-16-7-10)3-4-12(11)18-19-14/h3-7H,8H2,1-2H3,(H,15,16)(H2,17,18,19,21). The van der Waals surface area contributed by atoms with Crippen molar-refractivity contribution >= 4 is 22.6 Å². The van der Waals surface area contributed by atoms with E-state index in [0.29, 0.717) is 12.4 Å². The van der Waals surface area contributed by atoms with Gasteiger partial charge in [-0.2, -0.15) is 10.2 Å². The Balaban J connectivity index is 1.93. The Labute approximate surface area is 121 Å². The van der Waals surface area contributed by atoms with Crippen LogP contribution in [0.25, 0.3) is 22.0 Å². The van der Waals surface area contributed by atoms with E-state index in [1.54, 1.807) is 11.1 Å². The number of aromatic amines is 2. The summed E-state index contributed by atoms with van der Waals surface area (Å²) in [4.78, 5) is 13.7. The van der Waals surface area contributed by atoms with E-state index in [1.165, 1.54) is 0 Å². The topological polar surface area (TPSA) is 89.7 Å². The smallest absolute Gasteiger partial charge is 0.239 e. The summed E-state index contributed by atoms with van der Waals surface area (Å²) in [5.41, 5.74) is 2.88. The van der Waals surface area contributed by atoms with Crippen LogP contribution in [-0.2, 0) is 4.79 Å². The van der Waals surface area contributed by atoms with Crippen molar-refractivity contribution in [2.24, 2.45) is 0 Å². The number of nitrogens with one attached hydrogen (secondary N) is 3. The van der Waals surface area contributed by atoms with Gasteiger partial charge in [-0.15, -0.1) is 0 Å². The van der Waals surface area contributed by atoms with Crippen LogP contribution in [0.15, 0.2) is 30.6 Å². The summed E-state index contributed by atoms with van der Waals surface area (Å²) >= 11 is 0. The van der Waals surface area contributed by atoms with Crippen molar-refractivity contribution < 1.29 is 4.79 Å². The van der Waals surface area contributed by atoms with Crippen molar-refractivity contribution in [3.8, 4) is 11.1 Å². The molecule has 1 aromatic carbocycles. The van der Waals surface area contributed by atoms with Crippen molar-refractivity contribution in [3.05, 3.63) is 30.6 Å². The highest BCUT2D eigenvalue weighted by molar-refractivity contribution is 6.01. The number of aromatic nitrogens is 4. The Bertz CT molecular complexity index is 759. The van der Waals surface area contributed by atoms with Crippen LogP contribution in [0, 0.1) is 0 Å². The molecule has 2 aromatic heterocycles. The first-order valence-corrected chi connectivity index (χ1v) is 6.55. The van der Waals surface area contributed by atoms with Crippen LogP contribution in [0.3, 0.4) is 0 Å².